The molecule has 1 amide bonds. The molecule has 1 atom stereocenters. The van der Waals surface area contributed by atoms with Crippen molar-refractivity contribution in [2.75, 3.05) is 18.8 Å². The monoisotopic (exact) mass is 648 g/mol. The maximum atomic E-state index is 14.4. The lowest BCUT2D eigenvalue weighted by atomic mass is 9.94. The molecule has 10 nitrogen and oxygen atoms in total. The Hall–Kier alpha value is -3.15. The van der Waals surface area contributed by atoms with Crippen LogP contribution in [-0.4, -0.2) is 62.8 Å². The minimum absolute atomic E-state index is 0.0144. The van der Waals surface area contributed by atoms with Gasteiger partial charge in [0.05, 0.1) is 12.1 Å². The Kier molecular flexibility index (Phi) is 10.1. The Morgan fingerprint density at radius 1 is 1.12 bits per heavy atom. The molecule has 2 aromatic carbocycles. The van der Waals surface area contributed by atoms with E-state index in [1.807, 2.05) is 0 Å². The number of sulfonamides is 1. The second kappa shape index (κ2) is 13.2. The number of halogens is 5. The number of nitrogens with zero attached hydrogens (tertiary/aromatic N) is 5. The number of benzene rings is 2. The van der Waals surface area contributed by atoms with E-state index in [0.29, 0.717) is 49.3 Å². The number of hydrogen-bond donors (Lipinski definition) is 1. The van der Waals surface area contributed by atoms with Crippen LogP contribution in [0.2, 0.25) is 0 Å². The SMILES string of the molecule is Cc1nnn(Cc2cc(C(F)(F)F)ccc2CCC(=O)N2CCC(CC[S+]([O-])c3ccc(S(N)(=O)=O)c(F)c3F)CC2)n1. The van der Waals surface area contributed by atoms with Crippen molar-refractivity contribution >= 4 is 27.1 Å². The molecule has 1 fully saturated rings. The molecule has 0 bridgehead atoms. The first-order chi connectivity index (χ1) is 20.1. The van der Waals surface area contributed by atoms with Gasteiger partial charge in [-0.3, -0.25) is 4.79 Å². The smallest absolute Gasteiger partial charge is 0.416 e. The van der Waals surface area contributed by atoms with E-state index >= 15 is 0 Å². The summed E-state index contributed by atoms with van der Waals surface area (Å²) >= 11 is -1.92. The van der Waals surface area contributed by atoms with Crippen LogP contribution in [0.5, 0.6) is 0 Å². The molecule has 2 heterocycles. The number of carbonyl (C=O) groups is 1. The molecule has 17 heteroatoms. The fraction of sp³-hybridized carbons (Fsp3) is 0.462. The second-order valence-corrected chi connectivity index (χ2v) is 13.3. The summed E-state index contributed by atoms with van der Waals surface area (Å²) in [4.78, 5) is 14.3. The van der Waals surface area contributed by atoms with E-state index in [4.69, 9.17) is 5.14 Å². The van der Waals surface area contributed by atoms with Gasteiger partial charge in [-0.15, -0.1) is 10.2 Å². The van der Waals surface area contributed by atoms with Crippen LogP contribution in [0.4, 0.5) is 22.0 Å². The van der Waals surface area contributed by atoms with E-state index < -0.39 is 54.4 Å². The maximum Gasteiger partial charge on any atom is 0.416 e. The van der Waals surface area contributed by atoms with Gasteiger partial charge in [0.2, 0.25) is 21.7 Å². The summed E-state index contributed by atoms with van der Waals surface area (Å²) in [5.41, 5.74) is 0.0857. The third kappa shape index (κ3) is 8.27. The molecule has 1 aliphatic rings. The molecule has 1 aliphatic heterocycles. The van der Waals surface area contributed by atoms with Crippen molar-refractivity contribution in [1.82, 2.24) is 25.1 Å². The molecule has 43 heavy (non-hydrogen) atoms. The van der Waals surface area contributed by atoms with Crippen LogP contribution in [0.25, 0.3) is 0 Å². The number of piperidine rings is 1. The maximum absolute atomic E-state index is 14.4. The number of aromatic nitrogens is 4. The molecule has 0 saturated carbocycles. The number of hydrogen-bond acceptors (Lipinski definition) is 7. The second-order valence-electron chi connectivity index (χ2n) is 10.2. The zero-order valence-corrected chi connectivity index (χ0v) is 24.6. The zero-order valence-electron chi connectivity index (χ0n) is 23.0. The molecule has 1 unspecified atom stereocenters. The standard InChI is InChI=1S/C26H29F5N6O4S2/c1-16-33-35-37(34-16)15-19-14-20(26(29,30)31)4-2-18(19)3-7-23(38)36-11-8-17(9-12-36)10-13-42(39)21-5-6-22(43(32,40)41)25(28)24(21)27/h2,4-6,14,17H,3,7-13,15H2,1H3,(H2,32,40,41). The average Bonchev–Trinajstić information content (AvgIpc) is 3.35. The zero-order chi connectivity index (χ0) is 31.5. The fourth-order valence-electron chi connectivity index (χ4n) is 4.90. The predicted molar refractivity (Wildman–Crippen MR) is 144 cm³/mol. The molecule has 2 N–H and O–H groups in total. The minimum Gasteiger partial charge on any atom is -0.611 e. The normalized spacial score (nSPS) is 15.6. The number of tetrazole rings is 1. The molecule has 0 spiro atoms. The van der Waals surface area contributed by atoms with E-state index in [9.17, 15) is 39.7 Å². The highest BCUT2D eigenvalue weighted by Crippen LogP contribution is 2.32. The summed E-state index contributed by atoms with van der Waals surface area (Å²) < 4.78 is 104. The molecule has 0 radical (unpaired) electrons. The van der Waals surface area contributed by atoms with E-state index in [0.717, 1.165) is 24.3 Å². The summed E-state index contributed by atoms with van der Waals surface area (Å²) in [6.07, 6.45) is -2.65. The van der Waals surface area contributed by atoms with Crippen LogP contribution in [0.1, 0.15) is 48.2 Å². The third-order valence-electron chi connectivity index (χ3n) is 7.25. The van der Waals surface area contributed by atoms with Crippen molar-refractivity contribution in [1.29, 1.82) is 0 Å². The summed E-state index contributed by atoms with van der Waals surface area (Å²) in [5, 5.41) is 16.5. The van der Waals surface area contributed by atoms with Gasteiger partial charge >= 0.3 is 6.18 Å². The summed E-state index contributed by atoms with van der Waals surface area (Å²) in [6, 6.07) is 5.10. The highest BCUT2D eigenvalue weighted by atomic mass is 32.2. The number of likely N-dealkylation sites (tertiary alicyclic amines) is 1. The van der Waals surface area contributed by atoms with Crippen LogP contribution in [0.3, 0.4) is 0 Å². The minimum atomic E-state index is -4.53. The quantitative estimate of drug-likeness (QED) is 0.262. The van der Waals surface area contributed by atoms with Gasteiger partial charge in [-0.05, 0) is 90.3 Å². The van der Waals surface area contributed by atoms with Crippen LogP contribution in [-0.2, 0) is 45.1 Å². The van der Waals surface area contributed by atoms with E-state index in [2.05, 4.69) is 15.4 Å². The Bertz CT molecular complexity index is 1580. The fourth-order valence-corrected chi connectivity index (χ4v) is 6.77. The van der Waals surface area contributed by atoms with E-state index in [1.165, 1.54) is 10.9 Å². The molecule has 0 aliphatic carbocycles. The summed E-state index contributed by atoms with van der Waals surface area (Å²) in [5.74, 6) is -2.89. The van der Waals surface area contributed by atoms with Crippen molar-refractivity contribution in [2.24, 2.45) is 11.1 Å². The number of rotatable bonds is 10. The number of aryl methyl sites for hydroxylation is 2. The topological polar surface area (TPSA) is 147 Å². The highest BCUT2D eigenvalue weighted by Gasteiger charge is 2.32. The first-order valence-corrected chi connectivity index (χ1v) is 16.1. The van der Waals surface area contributed by atoms with Gasteiger partial charge in [0.25, 0.3) is 0 Å². The molecule has 234 valence electrons. The predicted octanol–water partition coefficient (Wildman–Crippen LogP) is 3.34. The number of amides is 1. The van der Waals surface area contributed by atoms with Gasteiger partial charge in [0.15, 0.2) is 16.5 Å². The van der Waals surface area contributed by atoms with Gasteiger partial charge in [0.1, 0.15) is 10.6 Å². The number of primary sulfonamides is 1. The first kappa shape index (κ1) is 32.8. The van der Waals surface area contributed by atoms with Gasteiger partial charge in [-0.25, -0.2) is 17.9 Å². The summed E-state index contributed by atoms with van der Waals surface area (Å²) in [7, 11) is -4.48. The Morgan fingerprint density at radius 3 is 2.42 bits per heavy atom. The molecular weight excluding hydrogens is 619 g/mol. The number of nitrogens with two attached hydrogens (primary N) is 1. The third-order valence-corrected chi connectivity index (χ3v) is 9.59. The lowest BCUT2D eigenvalue weighted by Gasteiger charge is -2.32. The van der Waals surface area contributed by atoms with Crippen LogP contribution < -0.4 is 5.14 Å². The molecule has 1 saturated heterocycles. The van der Waals surface area contributed by atoms with Gasteiger partial charge in [-0.2, -0.15) is 22.4 Å². The van der Waals surface area contributed by atoms with Gasteiger partial charge in [-0.1, -0.05) is 6.07 Å². The molecule has 3 aromatic rings. The molecule has 1 aromatic heterocycles. The van der Waals surface area contributed by atoms with Crippen molar-refractivity contribution in [3.63, 3.8) is 0 Å². The van der Waals surface area contributed by atoms with Crippen molar-refractivity contribution in [2.45, 2.75) is 61.5 Å². The van der Waals surface area contributed by atoms with Crippen molar-refractivity contribution < 1.29 is 39.7 Å². The lowest BCUT2D eigenvalue weighted by molar-refractivity contribution is -0.137. The van der Waals surface area contributed by atoms with Crippen LogP contribution in [0.15, 0.2) is 40.1 Å². The Morgan fingerprint density at radius 2 is 1.81 bits per heavy atom. The van der Waals surface area contributed by atoms with E-state index in [-0.39, 0.29) is 37.0 Å². The largest absolute Gasteiger partial charge is 0.611 e. The van der Waals surface area contributed by atoms with Gasteiger partial charge in [0, 0.05) is 19.5 Å². The molecular formula is C26H29F5N6O4S2. The van der Waals surface area contributed by atoms with Gasteiger partial charge < -0.3 is 9.45 Å². The number of alkyl halides is 3. The lowest BCUT2D eigenvalue weighted by Crippen LogP contribution is -2.39. The van der Waals surface area contributed by atoms with Crippen LogP contribution in [0, 0.1) is 24.5 Å². The average molecular weight is 649 g/mol. The highest BCUT2D eigenvalue weighted by molar-refractivity contribution is 7.91. The van der Waals surface area contributed by atoms with Crippen molar-refractivity contribution in [3.8, 4) is 0 Å². The van der Waals surface area contributed by atoms with Crippen molar-refractivity contribution in [3.05, 3.63) is 64.5 Å². The van der Waals surface area contributed by atoms with E-state index in [1.54, 1.807) is 11.8 Å². The number of carbonyl (C=O) groups excluding carboxylic acids is 1. The van der Waals surface area contributed by atoms with Crippen LogP contribution >= 0.6 is 0 Å². The Labute approximate surface area is 247 Å². The Balaban J connectivity index is 1.30. The first-order valence-electron chi connectivity index (χ1n) is 13.2. The molecule has 4 rings (SSSR count). The summed E-state index contributed by atoms with van der Waals surface area (Å²) in [6.45, 7) is 2.42.